The fourth-order valence-electron chi connectivity index (χ4n) is 0.909. The second-order valence-corrected chi connectivity index (χ2v) is 3.76. The number of unbranched alkanes of at least 4 members (excludes halogenated alkanes) is 1. The monoisotopic (exact) mass is 201 g/mol. The van der Waals surface area contributed by atoms with E-state index in [9.17, 15) is 4.79 Å². The Morgan fingerprint density at radius 3 is 2.64 bits per heavy atom. The molecule has 3 heteroatoms. The van der Waals surface area contributed by atoms with Crippen molar-refractivity contribution in [2.75, 3.05) is 26.3 Å². The van der Waals surface area contributed by atoms with Crippen LogP contribution in [0.1, 0.15) is 33.6 Å². The molecule has 0 fully saturated rings. The highest BCUT2D eigenvalue weighted by atomic mass is 16.5. The van der Waals surface area contributed by atoms with E-state index in [1.807, 2.05) is 13.8 Å². The third kappa shape index (κ3) is 8.20. The van der Waals surface area contributed by atoms with Gasteiger partial charge in [-0.05, 0) is 6.42 Å². The zero-order valence-corrected chi connectivity index (χ0v) is 9.64. The summed E-state index contributed by atoms with van der Waals surface area (Å²) >= 11 is 0. The normalized spacial score (nSPS) is 10.9. The van der Waals surface area contributed by atoms with E-state index in [1.165, 1.54) is 6.42 Å². The molecule has 0 bridgehead atoms. The van der Waals surface area contributed by atoms with Crippen LogP contribution in [0.3, 0.4) is 0 Å². The van der Waals surface area contributed by atoms with E-state index >= 15 is 0 Å². The largest absolute Gasteiger partial charge is 0.380 e. The van der Waals surface area contributed by atoms with Crippen LogP contribution in [-0.4, -0.2) is 32.1 Å². The van der Waals surface area contributed by atoms with Gasteiger partial charge in [-0.3, -0.25) is 4.79 Å². The molecule has 84 valence electrons. The zero-order valence-electron chi connectivity index (χ0n) is 9.64. The second-order valence-electron chi connectivity index (χ2n) is 3.76. The molecule has 0 saturated carbocycles. The van der Waals surface area contributed by atoms with Gasteiger partial charge in [-0.1, -0.05) is 27.2 Å². The Morgan fingerprint density at radius 1 is 1.36 bits per heavy atom. The van der Waals surface area contributed by atoms with Gasteiger partial charge < -0.3 is 10.1 Å². The van der Waals surface area contributed by atoms with E-state index in [-0.39, 0.29) is 11.7 Å². The lowest BCUT2D eigenvalue weighted by Crippen LogP contribution is -2.29. The Bertz CT molecular complexity index is 146. The molecule has 0 aromatic rings. The van der Waals surface area contributed by atoms with Gasteiger partial charge in [0.15, 0.2) is 0 Å². The number of Topliss-reactive ketones (excluding diaryl/α,β-unsaturated/α-hetero) is 1. The lowest BCUT2D eigenvalue weighted by Gasteiger charge is -2.06. The number of hydrogen-bond acceptors (Lipinski definition) is 3. The molecule has 0 rings (SSSR count). The number of rotatable bonds is 9. The molecule has 0 spiro atoms. The Balaban J connectivity index is 3.10. The summed E-state index contributed by atoms with van der Waals surface area (Å²) in [5, 5.41) is 3.07. The van der Waals surface area contributed by atoms with Crippen LogP contribution in [0.4, 0.5) is 0 Å². The zero-order chi connectivity index (χ0) is 10.8. The number of ether oxygens (including phenoxy) is 1. The smallest absolute Gasteiger partial charge is 0.149 e. The summed E-state index contributed by atoms with van der Waals surface area (Å²) < 4.78 is 5.34. The summed E-state index contributed by atoms with van der Waals surface area (Å²) in [6, 6.07) is 0. The number of nitrogens with one attached hydrogen (secondary N) is 1. The summed E-state index contributed by atoms with van der Waals surface area (Å²) in [4.78, 5) is 11.2. The van der Waals surface area contributed by atoms with E-state index in [2.05, 4.69) is 12.2 Å². The van der Waals surface area contributed by atoms with Crippen molar-refractivity contribution in [3.63, 3.8) is 0 Å². The molecule has 0 aliphatic carbocycles. The van der Waals surface area contributed by atoms with Crippen molar-refractivity contribution in [1.82, 2.24) is 5.32 Å². The third-order valence-electron chi connectivity index (χ3n) is 2.01. The first-order valence-corrected chi connectivity index (χ1v) is 5.49. The Labute approximate surface area is 87.2 Å². The highest BCUT2D eigenvalue weighted by Gasteiger charge is 2.04. The van der Waals surface area contributed by atoms with Crippen molar-refractivity contribution in [2.24, 2.45) is 5.92 Å². The molecule has 0 aliphatic rings. The molecule has 0 amide bonds. The van der Waals surface area contributed by atoms with Gasteiger partial charge in [0.1, 0.15) is 5.78 Å². The Kier molecular flexibility index (Phi) is 8.89. The molecule has 0 aliphatic heterocycles. The molecule has 0 unspecified atom stereocenters. The van der Waals surface area contributed by atoms with Crippen molar-refractivity contribution in [1.29, 1.82) is 0 Å². The fraction of sp³-hybridized carbons (Fsp3) is 0.909. The quantitative estimate of drug-likeness (QED) is 0.576. The first kappa shape index (κ1) is 13.6. The SMILES string of the molecule is CCCCOCCNCC(=O)C(C)C. The minimum Gasteiger partial charge on any atom is -0.380 e. The summed E-state index contributed by atoms with van der Waals surface area (Å²) in [7, 11) is 0. The first-order valence-electron chi connectivity index (χ1n) is 5.49. The Morgan fingerprint density at radius 2 is 2.07 bits per heavy atom. The maximum atomic E-state index is 11.2. The predicted molar refractivity (Wildman–Crippen MR) is 58.4 cm³/mol. The third-order valence-corrected chi connectivity index (χ3v) is 2.01. The minimum absolute atomic E-state index is 0.128. The molecule has 1 N–H and O–H groups in total. The summed E-state index contributed by atoms with van der Waals surface area (Å²) in [6.07, 6.45) is 2.28. The van der Waals surface area contributed by atoms with Crippen LogP contribution in [0.5, 0.6) is 0 Å². The van der Waals surface area contributed by atoms with E-state index in [1.54, 1.807) is 0 Å². The van der Waals surface area contributed by atoms with Gasteiger partial charge in [0.25, 0.3) is 0 Å². The second kappa shape index (κ2) is 9.16. The average molecular weight is 201 g/mol. The maximum Gasteiger partial charge on any atom is 0.149 e. The van der Waals surface area contributed by atoms with Crippen LogP contribution in [0.2, 0.25) is 0 Å². The molecular formula is C11H23NO2. The molecule has 3 nitrogen and oxygen atoms in total. The van der Waals surface area contributed by atoms with E-state index in [0.29, 0.717) is 13.2 Å². The summed E-state index contributed by atoms with van der Waals surface area (Å²) in [6.45, 7) is 8.74. The molecule has 0 atom stereocenters. The van der Waals surface area contributed by atoms with Crippen molar-refractivity contribution < 1.29 is 9.53 Å². The first-order chi connectivity index (χ1) is 6.68. The number of carbonyl (C=O) groups excluding carboxylic acids is 1. The lowest BCUT2D eigenvalue weighted by molar-refractivity contribution is -0.121. The van der Waals surface area contributed by atoms with Crippen LogP contribution in [0.15, 0.2) is 0 Å². The Hall–Kier alpha value is -0.410. The summed E-state index contributed by atoms with van der Waals surface area (Å²) in [5.74, 6) is 0.391. The van der Waals surface area contributed by atoms with Crippen LogP contribution < -0.4 is 5.32 Å². The van der Waals surface area contributed by atoms with Crippen LogP contribution in [-0.2, 0) is 9.53 Å². The molecule has 0 heterocycles. The number of carbonyl (C=O) groups is 1. The van der Waals surface area contributed by atoms with Crippen LogP contribution in [0, 0.1) is 5.92 Å². The van der Waals surface area contributed by atoms with Crippen molar-refractivity contribution in [3.8, 4) is 0 Å². The van der Waals surface area contributed by atoms with Gasteiger partial charge >= 0.3 is 0 Å². The summed E-state index contributed by atoms with van der Waals surface area (Å²) in [5.41, 5.74) is 0. The molecule has 0 aromatic heterocycles. The molecule has 0 saturated heterocycles. The lowest BCUT2D eigenvalue weighted by atomic mass is 10.1. The standard InChI is InChI=1S/C11H23NO2/c1-4-5-7-14-8-6-12-9-11(13)10(2)3/h10,12H,4-9H2,1-3H3. The topological polar surface area (TPSA) is 38.3 Å². The van der Waals surface area contributed by atoms with E-state index < -0.39 is 0 Å². The predicted octanol–water partition coefficient (Wildman–Crippen LogP) is 1.62. The van der Waals surface area contributed by atoms with E-state index in [4.69, 9.17) is 4.74 Å². The maximum absolute atomic E-state index is 11.2. The van der Waals surface area contributed by atoms with Gasteiger partial charge in [0.2, 0.25) is 0 Å². The molecule has 14 heavy (non-hydrogen) atoms. The average Bonchev–Trinajstić information content (AvgIpc) is 2.16. The van der Waals surface area contributed by atoms with Gasteiger partial charge in [0.05, 0.1) is 13.2 Å². The van der Waals surface area contributed by atoms with E-state index in [0.717, 1.165) is 19.6 Å². The van der Waals surface area contributed by atoms with Gasteiger partial charge in [-0.15, -0.1) is 0 Å². The molecule has 0 aromatic carbocycles. The van der Waals surface area contributed by atoms with Gasteiger partial charge in [-0.25, -0.2) is 0 Å². The van der Waals surface area contributed by atoms with Gasteiger partial charge in [0, 0.05) is 19.1 Å². The van der Waals surface area contributed by atoms with Gasteiger partial charge in [-0.2, -0.15) is 0 Å². The highest BCUT2D eigenvalue weighted by molar-refractivity contribution is 5.82. The number of ketones is 1. The van der Waals surface area contributed by atoms with Crippen molar-refractivity contribution in [2.45, 2.75) is 33.6 Å². The fourth-order valence-corrected chi connectivity index (χ4v) is 0.909. The van der Waals surface area contributed by atoms with Crippen molar-refractivity contribution >= 4 is 5.78 Å². The van der Waals surface area contributed by atoms with Crippen LogP contribution in [0.25, 0.3) is 0 Å². The minimum atomic E-state index is 0.128. The molecular weight excluding hydrogens is 178 g/mol. The highest BCUT2D eigenvalue weighted by Crippen LogP contribution is 1.91. The molecule has 0 radical (unpaired) electrons. The number of hydrogen-bond donors (Lipinski definition) is 1. The van der Waals surface area contributed by atoms with Crippen molar-refractivity contribution in [3.05, 3.63) is 0 Å². The van der Waals surface area contributed by atoms with Crippen LogP contribution >= 0.6 is 0 Å².